The third-order valence-corrected chi connectivity index (χ3v) is 9.56. The van der Waals surface area contributed by atoms with Gasteiger partial charge in [-0.05, 0) is 101 Å². The van der Waals surface area contributed by atoms with Gasteiger partial charge < -0.3 is 40.6 Å². The Bertz CT molecular complexity index is 1770. The third kappa shape index (κ3) is 10.3. The number of piperidine rings is 1. The van der Waals surface area contributed by atoms with Gasteiger partial charge in [-0.25, -0.2) is 4.98 Å². The number of carbonyl (C=O) groups excluding carboxylic acids is 2. The molecule has 0 spiro atoms. The van der Waals surface area contributed by atoms with Gasteiger partial charge in [-0.2, -0.15) is 0 Å². The number of aromatic nitrogens is 2. The van der Waals surface area contributed by atoms with Crippen molar-refractivity contribution >= 4 is 35.0 Å². The smallest absolute Gasteiger partial charge is 0.245 e. The molecule has 1 saturated heterocycles. The maximum Gasteiger partial charge on any atom is 0.245 e. The van der Waals surface area contributed by atoms with Gasteiger partial charge in [0.15, 0.2) is 0 Å². The quantitative estimate of drug-likeness (QED) is 0.119. The number of imidazole rings is 1. The van der Waals surface area contributed by atoms with E-state index in [0.717, 1.165) is 54.1 Å². The van der Waals surface area contributed by atoms with Crippen molar-refractivity contribution < 1.29 is 19.4 Å². The highest BCUT2D eigenvalue weighted by atomic mass is 35.5. The molecule has 2 amide bonds. The van der Waals surface area contributed by atoms with Crippen LogP contribution in [0.4, 0.5) is 0 Å². The number of rotatable bonds is 15. The normalized spacial score (nSPS) is 17.2. The summed E-state index contributed by atoms with van der Waals surface area (Å²) in [4.78, 5) is 33.3. The molecule has 0 unspecified atom stereocenters. The Kier molecular flexibility index (Phi) is 13.1. The highest BCUT2D eigenvalue weighted by Gasteiger charge is 2.36. The Hall–Kier alpha value is -3.97. The fraction of sp³-hybridized carbons (Fsp3) is 0.395. The number of halogens is 2. The summed E-state index contributed by atoms with van der Waals surface area (Å²) in [6, 6.07) is 18.8. The predicted molar refractivity (Wildman–Crippen MR) is 201 cm³/mol. The number of carbonyl (C=O) groups is 2. The largest absolute Gasteiger partial charge is 0.457 e. The van der Waals surface area contributed by atoms with E-state index < -0.39 is 36.0 Å². The molecule has 4 aromatic rings. The van der Waals surface area contributed by atoms with Gasteiger partial charge >= 0.3 is 0 Å². The molecule has 51 heavy (non-hydrogen) atoms. The highest BCUT2D eigenvalue weighted by Crippen LogP contribution is 2.31. The topological polar surface area (TPSA) is 133 Å². The first-order chi connectivity index (χ1) is 24.4. The van der Waals surface area contributed by atoms with Crippen molar-refractivity contribution in [1.29, 1.82) is 0 Å². The first kappa shape index (κ1) is 38.3. The molecule has 1 aliphatic rings. The zero-order valence-electron chi connectivity index (χ0n) is 29.5. The van der Waals surface area contributed by atoms with Gasteiger partial charge in [-0.3, -0.25) is 9.59 Å². The van der Waals surface area contributed by atoms with Gasteiger partial charge in [0.05, 0.1) is 36.6 Å². The molecule has 13 heteroatoms. The van der Waals surface area contributed by atoms with Gasteiger partial charge in [-0.15, -0.1) is 0 Å². The van der Waals surface area contributed by atoms with Gasteiger partial charge in [0, 0.05) is 41.3 Å². The number of nitrogens with one attached hydrogen (secondary N) is 4. The number of hydrogen-bond acceptors (Lipinski definition) is 8. The molecule has 0 saturated carbocycles. The number of aliphatic hydroxyl groups excluding tert-OH is 1. The van der Waals surface area contributed by atoms with Crippen LogP contribution in [0.1, 0.15) is 36.7 Å². The van der Waals surface area contributed by atoms with Crippen molar-refractivity contribution in [3.8, 4) is 22.8 Å². The fourth-order valence-corrected chi connectivity index (χ4v) is 6.48. The molecule has 0 bridgehead atoms. The summed E-state index contributed by atoms with van der Waals surface area (Å²) in [5.74, 6) is 1.28. The lowest BCUT2D eigenvalue weighted by Gasteiger charge is -2.39. The molecule has 3 atom stereocenters. The molecule has 0 aliphatic carbocycles. The summed E-state index contributed by atoms with van der Waals surface area (Å²) in [7, 11) is 6.03. The highest BCUT2D eigenvalue weighted by molar-refractivity contribution is 6.31. The first-order valence-electron chi connectivity index (χ1n) is 17.1. The van der Waals surface area contributed by atoms with Crippen molar-refractivity contribution in [3.63, 3.8) is 0 Å². The SMILES string of the molecule is C[C@H](NCc1ccc(Cl)cc1Oc1ccc(-c2cnc(CN(C)C)n2C)cc1)C(=O)N[C@@H](CO)C(=O)N[C@@]1(Cc2ccc(Cl)cc2)CCCNC1. The molecular weight excluding hydrogens is 689 g/mol. The van der Waals surface area contributed by atoms with Crippen molar-refractivity contribution in [3.05, 3.63) is 99.9 Å². The second-order valence-electron chi connectivity index (χ2n) is 13.4. The maximum absolute atomic E-state index is 13.4. The molecule has 2 heterocycles. The van der Waals surface area contributed by atoms with Crippen LogP contribution in [0, 0.1) is 0 Å². The number of hydrogen-bond donors (Lipinski definition) is 5. The number of benzene rings is 3. The third-order valence-electron chi connectivity index (χ3n) is 9.07. The average Bonchev–Trinajstić information content (AvgIpc) is 3.46. The van der Waals surface area contributed by atoms with Crippen LogP contribution in [0.3, 0.4) is 0 Å². The van der Waals surface area contributed by atoms with E-state index in [1.165, 1.54) is 0 Å². The van der Waals surface area contributed by atoms with Crippen molar-refractivity contribution in [2.45, 2.75) is 56.9 Å². The van der Waals surface area contributed by atoms with Crippen LogP contribution in [0.5, 0.6) is 11.5 Å². The van der Waals surface area contributed by atoms with Crippen LogP contribution >= 0.6 is 23.2 Å². The average molecular weight is 737 g/mol. The second kappa shape index (κ2) is 17.5. The zero-order valence-corrected chi connectivity index (χ0v) is 31.0. The molecular formula is C38H47Cl2N7O4. The lowest BCUT2D eigenvalue weighted by Crippen LogP contribution is -2.63. The minimum Gasteiger partial charge on any atom is -0.457 e. The number of aliphatic hydroxyl groups is 1. The second-order valence-corrected chi connectivity index (χ2v) is 14.3. The standard InChI is InChI=1S/C38H47Cl2N7O4/c1-25(36(49)44-32(23-48)37(50)45-38(16-5-17-41-24-38)19-26-6-11-29(39)12-7-26)42-20-28-8-13-30(40)18-34(28)51-31-14-9-27(10-15-31)33-21-43-35(47(33)4)22-46(2)3/h6-15,18,21,25,32,41-42,48H,5,16-17,19-20,22-24H2,1-4H3,(H,44,49)(H,45,50)/t25-,32-,38+/m0/s1. The summed E-state index contributed by atoms with van der Waals surface area (Å²) in [5.41, 5.74) is 3.27. The van der Waals surface area contributed by atoms with E-state index >= 15 is 0 Å². The van der Waals surface area contributed by atoms with E-state index in [2.05, 4.69) is 35.7 Å². The fourth-order valence-electron chi connectivity index (χ4n) is 6.19. The number of ether oxygens (including phenoxy) is 1. The monoisotopic (exact) mass is 735 g/mol. The van der Waals surface area contributed by atoms with E-state index in [1.807, 2.05) is 81.9 Å². The molecule has 272 valence electrons. The summed E-state index contributed by atoms with van der Waals surface area (Å²) < 4.78 is 8.33. The molecule has 1 fully saturated rings. The number of nitrogens with zero attached hydrogens (tertiary/aromatic N) is 3. The molecule has 3 aromatic carbocycles. The van der Waals surface area contributed by atoms with Crippen LogP contribution in [0.2, 0.25) is 10.0 Å². The Morgan fingerprint density at radius 2 is 1.78 bits per heavy atom. The lowest BCUT2D eigenvalue weighted by atomic mass is 9.83. The molecule has 0 radical (unpaired) electrons. The zero-order chi connectivity index (χ0) is 36.5. The van der Waals surface area contributed by atoms with Crippen LogP contribution < -0.4 is 26.0 Å². The van der Waals surface area contributed by atoms with E-state index in [1.54, 1.807) is 19.1 Å². The van der Waals surface area contributed by atoms with E-state index in [0.29, 0.717) is 34.5 Å². The van der Waals surface area contributed by atoms with E-state index in [4.69, 9.17) is 27.9 Å². The van der Waals surface area contributed by atoms with Crippen LogP contribution in [0.15, 0.2) is 72.9 Å². The van der Waals surface area contributed by atoms with Crippen molar-refractivity contribution in [2.24, 2.45) is 7.05 Å². The van der Waals surface area contributed by atoms with E-state index in [-0.39, 0.29) is 6.54 Å². The van der Waals surface area contributed by atoms with Crippen molar-refractivity contribution in [1.82, 2.24) is 35.7 Å². The molecule has 1 aliphatic heterocycles. The summed E-state index contributed by atoms with van der Waals surface area (Å²) in [5, 5.41) is 23.7. The van der Waals surface area contributed by atoms with Gasteiger partial charge in [-0.1, -0.05) is 41.4 Å². The van der Waals surface area contributed by atoms with Crippen LogP contribution in [-0.2, 0) is 36.1 Å². The summed E-state index contributed by atoms with van der Waals surface area (Å²) in [6.07, 6.45) is 4.10. The summed E-state index contributed by atoms with van der Waals surface area (Å²) in [6.45, 7) is 3.62. The van der Waals surface area contributed by atoms with Crippen LogP contribution in [-0.4, -0.2) is 82.8 Å². The van der Waals surface area contributed by atoms with Crippen LogP contribution in [0.25, 0.3) is 11.3 Å². The Balaban J connectivity index is 1.18. The molecule has 5 N–H and O–H groups in total. The molecule has 5 rings (SSSR count). The van der Waals surface area contributed by atoms with Gasteiger partial charge in [0.2, 0.25) is 11.8 Å². The Labute approximate surface area is 309 Å². The Morgan fingerprint density at radius 1 is 1.06 bits per heavy atom. The van der Waals surface area contributed by atoms with E-state index in [9.17, 15) is 14.7 Å². The minimum absolute atomic E-state index is 0.286. The lowest BCUT2D eigenvalue weighted by molar-refractivity contribution is -0.132. The Morgan fingerprint density at radius 3 is 2.45 bits per heavy atom. The maximum atomic E-state index is 13.4. The minimum atomic E-state index is -1.12. The first-order valence-corrected chi connectivity index (χ1v) is 17.8. The number of amides is 2. The van der Waals surface area contributed by atoms with Gasteiger partial charge in [0.25, 0.3) is 0 Å². The molecule has 1 aromatic heterocycles. The molecule has 11 nitrogen and oxygen atoms in total. The van der Waals surface area contributed by atoms with Crippen molar-refractivity contribution in [2.75, 3.05) is 33.8 Å². The van der Waals surface area contributed by atoms with Gasteiger partial charge in [0.1, 0.15) is 23.4 Å². The predicted octanol–water partition coefficient (Wildman–Crippen LogP) is 4.68. The summed E-state index contributed by atoms with van der Waals surface area (Å²) >= 11 is 12.4.